The smallest absolute Gasteiger partial charge is 0.258 e. The normalized spacial score (nSPS) is 14.2. The Morgan fingerprint density at radius 3 is 2.21 bits per heavy atom. The van der Waals surface area contributed by atoms with Gasteiger partial charge in [0.2, 0.25) is 0 Å². The number of thiocarbonyl (C=S) groups is 1. The van der Waals surface area contributed by atoms with Crippen LogP contribution in [0.25, 0.3) is 11.0 Å². The topological polar surface area (TPSA) is 53.5 Å². The number of hydrogen-bond acceptors (Lipinski definition) is 5. The second-order valence-corrected chi connectivity index (χ2v) is 7.71. The van der Waals surface area contributed by atoms with Crippen LogP contribution < -0.4 is 15.0 Å². The molecule has 0 saturated carbocycles. The van der Waals surface area contributed by atoms with Gasteiger partial charge in [-0.15, -0.1) is 0 Å². The SMILES string of the molecule is COc1nc2ccccc2nc1NC(=S)N1CCN(c2cc(C)cc(C)c2)CC1. The number of ether oxygens (including phenoxy) is 1. The number of rotatable bonds is 3. The molecule has 2 heterocycles. The summed E-state index contributed by atoms with van der Waals surface area (Å²) in [7, 11) is 1.59. The van der Waals surface area contributed by atoms with E-state index in [1.807, 2.05) is 24.3 Å². The summed E-state index contributed by atoms with van der Waals surface area (Å²) in [4.78, 5) is 13.7. The highest BCUT2D eigenvalue weighted by Gasteiger charge is 2.21. The molecule has 4 rings (SSSR count). The van der Waals surface area contributed by atoms with Gasteiger partial charge in [-0.05, 0) is 61.5 Å². The van der Waals surface area contributed by atoms with Gasteiger partial charge in [-0.3, -0.25) is 0 Å². The zero-order valence-electron chi connectivity index (χ0n) is 17.0. The summed E-state index contributed by atoms with van der Waals surface area (Å²) >= 11 is 5.66. The van der Waals surface area contributed by atoms with Crippen molar-refractivity contribution in [3.8, 4) is 5.88 Å². The van der Waals surface area contributed by atoms with Crippen molar-refractivity contribution in [1.82, 2.24) is 14.9 Å². The summed E-state index contributed by atoms with van der Waals surface area (Å²) in [5, 5.41) is 3.88. The van der Waals surface area contributed by atoms with Crippen molar-refractivity contribution >= 4 is 39.9 Å². The molecule has 0 atom stereocenters. The molecule has 1 aliphatic heterocycles. The minimum Gasteiger partial charge on any atom is -0.478 e. The zero-order valence-corrected chi connectivity index (χ0v) is 17.8. The Balaban J connectivity index is 1.44. The molecular weight excluding hydrogens is 382 g/mol. The second-order valence-electron chi connectivity index (χ2n) is 7.32. The zero-order chi connectivity index (χ0) is 20.4. The van der Waals surface area contributed by atoms with Gasteiger partial charge in [0.1, 0.15) is 0 Å². The minimum atomic E-state index is 0.444. The van der Waals surface area contributed by atoms with Crippen molar-refractivity contribution in [2.75, 3.05) is 43.5 Å². The number of aryl methyl sites for hydroxylation is 2. The Morgan fingerprint density at radius 2 is 1.59 bits per heavy atom. The van der Waals surface area contributed by atoms with Crippen molar-refractivity contribution in [3.05, 3.63) is 53.6 Å². The molecule has 1 aromatic heterocycles. The van der Waals surface area contributed by atoms with Gasteiger partial charge in [0.05, 0.1) is 18.1 Å². The fourth-order valence-electron chi connectivity index (χ4n) is 3.69. The van der Waals surface area contributed by atoms with E-state index in [1.165, 1.54) is 16.8 Å². The third-order valence-corrected chi connectivity index (χ3v) is 5.46. The molecule has 0 amide bonds. The number of aromatic nitrogens is 2. The summed E-state index contributed by atoms with van der Waals surface area (Å²) < 4.78 is 5.42. The lowest BCUT2D eigenvalue weighted by molar-refractivity contribution is 0.388. The highest BCUT2D eigenvalue weighted by atomic mass is 32.1. The van der Waals surface area contributed by atoms with Crippen LogP contribution in [0.4, 0.5) is 11.5 Å². The Labute approximate surface area is 176 Å². The molecular formula is C22H25N5OS. The van der Waals surface area contributed by atoms with Gasteiger partial charge in [0.25, 0.3) is 5.88 Å². The molecule has 1 aliphatic rings. The molecule has 150 valence electrons. The van der Waals surface area contributed by atoms with Crippen molar-refractivity contribution < 1.29 is 4.74 Å². The number of benzene rings is 2. The van der Waals surface area contributed by atoms with E-state index in [2.05, 4.69) is 57.1 Å². The van der Waals surface area contributed by atoms with Gasteiger partial charge in [-0.2, -0.15) is 0 Å². The lowest BCUT2D eigenvalue weighted by Gasteiger charge is -2.37. The van der Waals surface area contributed by atoms with E-state index < -0.39 is 0 Å². The van der Waals surface area contributed by atoms with Crippen molar-refractivity contribution in [3.63, 3.8) is 0 Å². The van der Waals surface area contributed by atoms with E-state index in [1.54, 1.807) is 7.11 Å². The molecule has 6 nitrogen and oxygen atoms in total. The van der Waals surface area contributed by atoms with Crippen LogP contribution in [-0.4, -0.2) is 53.3 Å². The van der Waals surface area contributed by atoms with Gasteiger partial charge in [-0.1, -0.05) is 18.2 Å². The maximum atomic E-state index is 5.66. The number of hydrogen-bond donors (Lipinski definition) is 1. The van der Waals surface area contributed by atoms with E-state index in [-0.39, 0.29) is 0 Å². The number of nitrogens with zero attached hydrogens (tertiary/aromatic N) is 4. The highest BCUT2D eigenvalue weighted by molar-refractivity contribution is 7.80. The summed E-state index contributed by atoms with van der Waals surface area (Å²) in [6, 6.07) is 14.4. The maximum absolute atomic E-state index is 5.66. The van der Waals surface area contributed by atoms with Crippen molar-refractivity contribution in [2.24, 2.45) is 0 Å². The van der Waals surface area contributed by atoms with Crippen LogP contribution in [0.5, 0.6) is 5.88 Å². The van der Waals surface area contributed by atoms with Crippen LogP contribution in [0.15, 0.2) is 42.5 Å². The van der Waals surface area contributed by atoms with E-state index in [4.69, 9.17) is 17.0 Å². The quantitative estimate of drug-likeness (QED) is 0.663. The fourth-order valence-corrected chi connectivity index (χ4v) is 3.97. The predicted molar refractivity (Wildman–Crippen MR) is 122 cm³/mol. The number of piperazine rings is 1. The molecule has 0 radical (unpaired) electrons. The molecule has 3 aromatic rings. The fraction of sp³-hybridized carbons (Fsp3) is 0.318. The monoisotopic (exact) mass is 407 g/mol. The van der Waals surface area contributed by atoms with Crippen molar-refractivity contribution in [1.29, 1.82) is 0 Å². The van der Waals surface area contributed by atoms with Gasteiger partial charge < -0.3 is 19.9 Å². The molecule has 7 heteroatoms. The second kappa shape index (κ2) is 8.21. The first-order valence-corrected chi connectivity index (χ1v) is 10.1. The number of methoxy groups -OCH3 is 1. The third kappa shape index (κ3) is 4.24. The van der Waals surface area contributed by atoms with Gasteiger partial charge >= 0.3 is 0 Å². The largest absolute Gasteiger partial charge is 0.478 e. The van der Waals surface area contributed by atoms with Crippen LogP contribution in [0.3, 0.4) is 0 Å². The van der Waals surface area contributed by atoms with E-state index in [9.17, 15) is 0 Å². The lowest BCUT2D eigenvalue weighted by atomic mass is 10.1. The van der Waals surface area contributed by atoms with Gasteiger partial charge in [-0.25, -0.2) is 9.97 Å². The average Bonchev–Trinajstić information content (AvgIpc) is 2.72. The molecule has 0 unspecified atom stereocenters. The summed E-state index contributed by atoms with van der Waals surface area (Å²) in [6.07, 6.45) is 0. The van der Waals surface area contributed by atoms with Crippen LogP contribution >= 0.6 is 12.2 Å². The molecule has 1 saturated heterocycles. The molecule has 1 fully saturated rings. The highest BCUT2D eigenvalue weighted by Crippen LogP contribution is 2.24. The third-order valence-electron chi connectivity index (χ3n) is 5.10. The molecule has 29 heavy (non-hydrogen) atoms. The number of para-hydroxylation sites is 2. The molecule has 0 bridgehead atoms. The summed E-state index contributed by atoms with van der Waals surface area (Å²) in [5.74, 6) is 0.993. The molecule has 2 aromatic carbocycles. The first kappa shape index (κ1) is 19.4. The predicted octanol–water partition coefficient (Wildman–Crippen LogP) is 3.77. The maximum Gasteiger partial charge on any atom is 0.258 e. The van der Waals surface area contributed by atoms with Crippen LogP contribution in [0.1, 0.15) is 11.1 Å². The molecule has 0 spiro atoms. The van der Waals surface area contributed by atoms with E-state index >= 15 is 0 Å². The number of nitrogens with one attached hydrogen (secondary N) is 1. The van der Waals surface area contributed by atoms with E-state index in [0.29, 0.717) is 16.8 Å². The Kier molecular flexibility index (Phi) is 5.49. The summed E-state index contributed by atoms with van der Waals surface area (Å²) in [6.45, 7) is 7.83. The summed E-state index contributed by atoms with van der Waals surface area (Å²) in [5.41, 5.74) is 5.47. The number of anilines is 2. The van der Waals surface area contributed by atoms with Crippen LogP contribution in [0.2, 0.25) is 0 Å². The van der Waals surface area contributed by atoms with Crippen LogP contribution in [0, 0.1) is 13.8 Å². The Bertz CT molecular complexity index is 1030. The standard InChI is InChI=1S/C22H25N5OS/c1-15-12-16(2)14-17(13-15)26-8-10-27(11-9-26)22(29)25-20-21(28-3)24-19-7-5-4-6-18(19)23-20/h4-7,12-14H,8-11H2,1-3H3,(H,23,25,29). The first-order chi connectivity index (χ1) is 14.0. The number of fused-ring (bicyclic) bond motifs is 1. The van der Waals surface area contributed by atoms with Gasteiger partial charge in [0, 0.05) is 31.9 Å². The molecule has 0 aliphatic carbocycles. The molecule has 1 N–H and O–H groups in total. The van der Waals surface area contributed by atoms with E-state index in [0.717, 1.165) is 37.2 Å². The average molecular weight is 408 g/mol. The first-order valence-electron chi connectivity index (χ1n) is 9.73. The lowest BCUT2D eigenvalue weighted by Crippen LogP contribution is -2.50. The van der Waals surface area contributed by atoms with Crippen molar-refractivity contribution in [2.45, 2.75) is 13.8 Å². The Morgan fingerprint density at radius 1 is 0.966 bits per heavy atom. The van der Waals surface area contributed by atoms with Gasteiger partial charge in [0.15, 0.2) is 10.9 Å². The minimum absolute atomic E-state index is 0.444. The van der Waals surface area contributed by atoms with Crippen LogP contribution in [-0.2, 0) is 0 Å². The Hall–Kier alpha value is -2.93.